The molecular formula is C22H44O2Si2. The minimum Gasteiger partial charge on any atom is -0.413 e. The summed E-state index contributed by atoms with van der Waals surface area (Å²) < 4.78 is 13.5. The van der Waals surface area contributed by atoms with Crippen molar-refractivity contribution in [3.8, 4) is 12.3 Å². The third-order valence-corrected chi connectivity index (χ3v) is 15.4. The van der Waals surface area contributed by atoms with Crippen LogP contribution in [-0.2, 0) is 8.85 Å². The lowest BCUT2D eigenvalue weighted by Crippen LogP contribution is -2.50. The zero-order valence-corrected chi connectivity index (χ0v) is 21.3. The largest absolute Gasteiger partial charge is 0.413 e. The van der Waals surface area contributed by atoms with Crippen molar-refractivity contribution in [2.45, 2.75) is 110 Å². The second-order valence-corrected chi connectivity index (χ2v) is 20.0. The highest BCUT2D eigenvalue weighted by Gasteiger charge is 2.44. The number of hydrogen-bond acceptors (Lipinski definition) is 2. The van der Waals surface area contributed by atoms with Gasteiger partial charge in [-0.3, -0.25) is 0 Å². The van der Waals surface area contributed by atoms with Crippen LogP contribution in [0.25, 0.3) is 0 Å². The van der Waals surface area contributed by atoms with Crippen molar-refractivity contribution in [2.75, 3.05) is 0 Å². The van der Waals surface area contributed by atoms with Gasteiger partial charge in [-0.1, -0.05) is 54.5 Å². The number of terminal acetylenes is 1. The summed E-state index contributed by atoms with van der Waals surface area (Å²) >= 11 is 0. The van der Waals surface area contributed by atoms with Gasteiger partial charge in [0.05, 0.1) is 12.2 Å². The molecule has 152 valence electrons. The third kappa shape index (κ3) is 6.67. The van der Waals surface area contributed by atoms with Crippen LogP contribution in [0.15, 0.2) is 12.7 Å². The predicted octanol–water partition coefficient (Wildman–Crippen LogP) is 7.00. The van der Waals surface area contributed by atoms with E-state index in [0.29, 0.717) is 6.42 Å². The Hall–Kier alpha value is -0.346. The zero-order chi connectivity index (χ0) is 21.0. The van der Waals surface area contributed by atoms with E-state index in [2.05, 4.69) is 87.2 Å². The van der Waals surface area contributed by atoms with Gasteiger partial charge in [-0.2, -0.15) is 0 Å². The minimum atomic E-state index is -1.91. The molecule has 0 N–H and O–H groups in total. The molecular weight excluding hydrogens is 352 g/mol. The highest BCUT2D eigenvalue weighted by atomic mass is 28.4. The van der Waals surface area contributed by atoms with Gasteiger partial charge in [-0.05, 0) is 42.7 Å². The topological polar surface area (TPSA) is 18.5 Å². The maximum Gasteiger partial charge on any atom is 0.192 e. The SMILES string of the molecule is C#CC[C@@H](O[Si](C)(C)C(C)(C)C)[C@@H](CC)[C@H](C=C)O[Si](C)(C)C(C)(C)C. The maximum absolute atomic E-state index is 6.76. The van der Waals surface area contributed by atoms with Gasteiger partial charge in [0, 0.05) is 12.3 Å². The molecule has 0 saturated carbocycles. The Bertz CT molecular complexity index is 490. The zero-order valence-electron chi connectivity index (χ0n) is 19.3. The summed E-state index contributed by atoms with van der Waals surface area (Å²) in [5, 5.41) is 0.316. The van der Waals surface area contributed by atoms with Gasteiger partial charge < -0.3 is 8.85 Å². The van der Waals surface area contributed by atoms with Crippen molar-refractivity contribution in [1.29, 1.82) is 0 Å². The summed E-state index contributed by atoms with van der Waals surface area (Å²) in [5.74, 6) is 3.08. The van der Waals surface area contributed by atoms with Crippen molar-refractivity contribution in [2.24, 2.45) is 5.92 Å². The lowest BCUT2D eigenvalue weighted by atomic mass is 9.91. The molecule has 0 unspecified atom stereocenters. The molecule has 0 bridgehead atoms. The molecule has 26 heavy (non-hydrogen) atoms. The predicted molar refractivity (Wildman–Crippen MR) is 122 cm³/mol. The van der Waals surface area contributed by atoms with E-state index in [1.807, 2.05) is 6.08 Å². The van der Waals surface area contributed by atoms with E-state index in [1.165, 1.54) is 0 Å². The van der Waals surface area contributed by atoms with E-state index in [0.717, 1.165) is 6.42 Å². The molecule has 0 aromatic carbocycles. The normalized spacial score (nSPS) is 17.3. The lowest BCUT2D eigenvalue weighted by Gasteiger charge is -2.45. The van der Waals surface area contributed by atoms with Crippen LogP contribution in [0.1, 0.15) is 61.3 Å². The summed E-state index contributed by atoms with van der Waals surface area (Å²) in [6, 6.07) is 0. The minimum absolute atomic E-state index is 0.0126. The van der Waals surface area contributed by atoms with E-state index < -0.39 is 16.6 Å². The monoisotopic (exact) mass is 396 g/mol. The Morgan fingerprint density at radius 2 is 1.38 bits per heavy atom. The number of hydrogen-bond donors (Lipinski definition) is 0. The first-order valence-electron chi connectivity index (χ1n) is 9.95. The highest BCUT2D eigenvalue weighted by Crippen LogP contribution is 2.41. The van der Waals surface area contributed by atoms with Gasteiger partial charge in [0.25, 0.3) is 0 Å². The Labute approximate surface area is 166 Å². The molecule has 0 spiro atoms. The van der Waals surface area contributed by atoms with Gasteiger partial charge in [-0.15, -0.1) is 18.9 Å². The first-order valence-corrected chi connectivity index (χ1v) is 15.8. The molecule has 0 rings (SSSR count). The van der Waals surface area contributed by atoms with Gasteiger partial charge in [0.2, 0.25) is 0 Å². The van der Waals surface area contributed by atoms with E-state index in [1.54, 1.807) is 0 Å². The highest BCUT2D eigenvalue weighted by molar-refractivity contribution is 6.74. The van der Waals surface area contributed by atoms with Crippen molar-refractivity contribution >= 4 is 16.6 Å². The smallest absolute Gasteiger partial charge is 0.192 e. The van der Waals surface area contributed by atoms with Gasteiger partial charge in [-0.25, -0.2) is 0 Å². The number of rotatable bonds is 9. The molecule has 3 atom stereocenters. The molecule has 0 aromatic heterocycles. The van der Waals surface area contributed by atoms with Crippen molar-refractivity contribution in [3.63, 3.8) is 0 Å². The fourth-order valence-corrected chi connectivity index (χ4v) is 5.16. The molecule has 0 aliphatic carbocycles. The molecule has 0 heterocycles. The van der Waals surface area contributed by atoms with Crippen LogP contribution in [0.4, 0.5) is 0 Å². The first-order chi connectivity index (χ1) is 11.5. The van der Waals surface area contributed by atoms with E-state index in [9.17, 15) is 0 Å². The third-order valence-electron chi connectivity index (χ3n) is 6.41. The van der Waals surface area contributed by atoms with Crippen LogP contribution < -0.4 is 0 Å². The Balaban J connectivity index is 5.68. The summed E-state index contributed by atoms with van der Waals surface area (Å²) in [7, 11) is -3.81. The van der Waals surface area contributed by atoms with Crippen LogP contribution in [0.5, 0.6) is 0 Å². The average molecular weight is 397 g/mol. The van der Waals surface area contributed by atoms with Gasteiger partial charge in [0.1, 0.15) is 0 Å². The Morgan fingerprint density at radius 3 is 1.69 bits per heavy atom. The lowest BCUT2D eigenvalue weighted by molar-refractivity contribution is 0.0483. The van der Waals surface area contributed by atoms with Crippen LogP contribution in [0.2, 0.25) is 36.3 Å². The molecule has 4 heteroatoms. The van der Waals surface area contributed by atoms with E-state index in [-0.39, 0.29) is 28.2 Å². The summed E-state index contributed by atoms with van der Waals surface area (Å²) in [4.78, 5) is 0. The van der Waals surface area contributed by atoms with Crippen LogP contribution in [0, 0.1) is 18.3 Å². The second-order valence-electron chi connectivity index (χ2n) is 10.5. The average Bonchev–Trinajstić information content (AvgIpc) is 2.44. The molecule has 0 aliphatic heterocycles. The van der Waals surface area contributed by atoms with Gasteiger partial charge in [0.15, 0.2) is 16.6 Å². The Kier molecular flexibility index (Phi) is 9.11. The molecule has 0 saturated heterocycles. The van der Waals surface area contributed by atoms with Crippen LogP contribution in [0.3, 0.4) is 0 Å². The first kappa shape index (κ1) is 25.7. The second kappa shape index (κ2) is 9.23. The molecule has 0 radical (unpaired) electrons. The maximum atomic E-state index is 6.76. The summed E-state index contributed by atoms with van der Waals surface area (Å²) in [6.45, 7) is 29.1. The van der Waals surface area contributed by atoms with Gasteiger partial charge >= 0.3 is 0 Å². The molecule has 0 fully saturated rings. The van der Waals surface area contributed by atoms with Crippen molar-refractivity contribution < 1.29 is 8.85 Å². The van der Waals surface area contributed by atoms with Crippen molar-refractivity contribution in [3.05, 3.63) is 12.7 Å². The molecule has 0 aromatic rings. The quantitative estimate of drug-likeness (QED) is 0.237. The van der Waals surface area contributed by atoms with Crippen LogP contribution >= 0.6 is 0 Å². The van der Waals surface area contributed by atoms with Crippen molar-refractivity contribution in [1.82, 2.24) is 0 Å². The molecule has 0 aliphatic rings. The Morgan fingerprint density at radius 1 is 0.962 bits per heavy atom. The summed E-state index contributed by atoms with van der Waals surface area (Å²) in [6.07, 6.45) is 9.26. The van der Waals surface area contributed by atoms with E-state index in [4.69, 9.17) is 15.3 Å². The molecule has 2 nitrogen and oxygen atoms in total. The van der Waals surface area contributed by atoms with E-state index >= 15 is 0 Å². The standard InChI is InChI=1S/C22H44O2Si2/c1-14-17-20(24-26(12,13)22(7,8)9)18(15-2)19(16-3)23-25(10,11)21(4,5)6/h1,16,18-20H,3,15,17H2,2,4-13H3/t18-,19-,20+/m0/s1. The fraction of sp³-hybridized carbons (Fsp3) is 0.818. The summed E-state index contributed by atoms with van der Waals surface area (Å²) in [5.41, 5.74) is 0. The fourth-order valence-electron chi connectivity index (χ4n) is 2.49. The van der Waals surface area contributed by atoms with Crippen LogP contribution in [-0.4, -0.2) is 28.8 Å². The molecule has 0 amide bonds.